The van der Waals surface area contributed by atoms with Gasteiger partial charge in [-0.1, -0.05) is 29.3 Å². The Morgan fingerprint density at radius 3 is 2.61 bits per heavy atom. The maximum atomic E-state index is 13.3. The van der Waals surface area contributed by atoms with Crippen LogP contribution in [0.4, 0.5) is 9.18 Å². The minimum absolute atomic E-state index is 0.00433. The predicted molar refractivity (Wildman–Crippen MR) is 101 cm³/mol. The lowest BCUT2D eigenvalue weighted by Gasteiger charge is -2.23. The minimum atomic E-state index is -1.50. The average molecular weight is 405 g/mol. The number of amides is 3. The number of hydrogen-bond donors (Lipinski definition) is 1. The zero-order chi connectivity index (χ0) is 20.6. The average Bonchev–Trinajstić information content (AvgIpc) is 2.85. The summed E-state index contributed by atoms with van der Waals surface area (Å²) in [5.74, 6) is -1.30. The van der Waals surface area contributed by atoms with Crippen molar-refractivity contribution in [2.75, 3.05) is 13.7 Å². The smallest absolute Gasteiger partial charge is 0.325 e. The highest BCUT2D eigenvalue weighted by Gasteiger charge is 2.50. The van der Waals surface area contributed by atoms with Crippen LogP contribution in [-0.4, -0.2) is 36.3 Å². The fourth-order valence-corrected chi connectivity index (χ4v) is 3.54. The fourth-order valence-electron chi connectivity index (χ4n) is 3.19. The number of halogens is 2. The normalized spacial score (nSPS) is 19.0. The van der Waals surface area contributed by atoms with Crippen molar-refractivity contribution >= 4 is 29.3 Å². The van der Waals surface area contributed by atoms with Gasteiger partial charge in [-0.25, -0.2) is 9.18 Å². The molecule has 8 heteroatoms. The molecule has 1 N–H and O–H groups in total. The zero-order valence-corrected chi connectivity index (χ0v) is 16.3. The monoisotopic (exact) mass is 404 g/mol. The van der Waals surface area contributed by atoms with E-state index in [1.54, 1.807) is 18.2 Å². The second kappa shape index (κ2) is 7.24. The molecule has 1 saturated heterocycles. The van der Waals surface area contributed by atoms with E-state index in [1.165, 1.54) is 20.1 Å². The topological polar surface area (TPSA) is 75.7 Å². The molecule has 0 spiro atoms. The molecule has 1 aliphatic heterocycles. The standard InChI is InChI=1S/C20H18ClFN2O4/c1-11-4-7-17(28-3)13(8-11)16(25)10-24-18(26)20(2,23-19(24)27)14-6-5-12(22)9-15(14)21/h4-9H,10H2,1-3H3,(H,23,27). The number of nitrogens with zero attached hydrogens (tertiary/aromatic N) is 1. The second-order valence-electron chi connectivity index (χ2n) is 6.70. The number of methoxy groups -OCH3 is 1. The van der Waals surface area contributed by atoms with E-state index in [1.807, 2.05) is 6.92 Å². The molecule has 2 aromatic rings. The van der Waals surface area contributed by atoms with E-state index >= 15 is 0 Å². The summed E-state index contributed by atoms with van der Waals surface area (Å²) in [4.78, 5) is 39.0. The van der Waals surface area contributed by atoms with Crippen molar-refractivity contribution < 1.29 is 23.5 Å². The number of benzene rings is 2. The molecule has 0 radical (unpaired) electrons. The predicted octanol–water partition coefficient (Wildman–Crippen LogP) is 3.45. The molecule has 28 heavy (non-hydrogen) atoms. The van der Waals surface area contributed by atoms with Gasteiger partial charge in [-0.2, -0.15) is 0 Å². The van der Waals surface area contributed by atoms with Crippen LogP contribution in [0.2, 0.25) is 5.02 Å². The Labute approximate surface area is 166 Å². The Morgan fingerprint density at radius 2 is 1.96 bits per heavy atom. The number of hydrogen-bond acceptors (Lipinski definition) is 4. The molecular formula is C20H18ClFN2O4. The molecule has 6 nitrogen and oxygen atoms in total. The van der Waals surface area contributed by atoms with Crippen LogP contribution in [0.15, 0.2) is 36.4 Å². The Hall–Kier alpha value is -2.93. The first-order chi connectivity index (χ1) is 13.2. The Bertz CT molecular complexity index is 994. The van der Waals surface area contributed by atoms with E-state index in [-0.39, 0.29) is 16.1 Å². The molecule has 3 amide bonds. The number of aryl methyl sites for hydroxylation is 1. The number of carbonyl (C=O) groups excluding carboxylic acids is 3. The molecule has 1 aliphatic rings. The third-order valence-electron chi connectivity index (χ3n) is 4.70. The van der Waals surface area contributed by atoms with Crippen LogP contribution in [0.3, 0.4) is 0 Å². The second-order valence-corrected chi connectivity index (χ2v) is 7.10. The third kappa shape index (κ3) is 3.33. The van der Waals surface area contributed by atoms with Gasteiger partial charge in [-0.15, -0.1) is 0 Å². The third-order valence-corrected chi connectivity index (χ3v) is 5.01. The number of ether oxygens (including phenoxy) is 1. The number of imide groups is 1. The van der Waals surface area contributed by atoms with Crippen LogP contribution in [0, 0.1) is 12.7 Å². The van der Waals surface area contributed by atoms with Gasteiger partial charge in [0.2, 0.25) is 0 Å². The summed E-state index contributed by atoms with van der Waals surface area (Å²) < 4.78 is 18.5. The van der Waals surface area contributed by atoms with Crippen LogP contribution in [-0.2, 0) is 10.3 Å². The molecule has 146 valence electrons. The number of rotatable bonds is 5. The Morgan fingerprint density at radius 1 is 1.25 bits per heavy atom. The molecule has 0 bridgehead atoms. The molecule has 1 fully saturated rings. The van der Waals surface area contributed by atoms with E-state index in [0.29, 0.717) is 5.75 Å². The lowest BCUT2D eigenvalue weighted by atomic mass is 9.92. The summed E-state index contributed by atoms with van der Waals surface area (Å²) in [6.07, 6.45) is 0. The summed E-state index contributed by atoms with van der Waals surface area (Å²) in [6.45, 7) is 2.82. The number of Topliss-reactive ketones (excluding diaryl/α,β-unsaturated/α-hetero) is 1. The molecule has 3 rings (SSSR count). The SMILES string of the molecule is COc1ccc(C)cc1C(=O)CN1C(=O)NC(C)(c2ccc(F)cc2Cl)C1=O. The highest BCUT2D eigenvalue weighted by molar-refractivity contribution is 6.32. The van der Waals surface area contributed by atoms with Gasteiger partial charge in [0.15, 0.2) is 5.78 Å². The first kappa shape index (κ1) is 19.8. The van der Waals surface area contributed by atoms with Gasteiger partial charge in [0.05, 0.1) is 19.2 Å². The maximum absolute atomic E-state index is 13.3. The van der Waals surface area contributed by atoms with Gasteiger partial charge in [0.1, 0.15) is 17.1 Å². The van der Waals surface area contributed by atoms with Crippen LogP contribution in [0.25, 0.3) is 0 Å². The fraction of sp³-hybridized carbons (Fsp3) is 0.250. The molecular weight excluding hydrogens is 387 g/mol. The highest BCUT2D eigenvalue weighted by Crippen LogP contribution is 2.34. The van der Waals surface area contributed by atoms with Crippen LogP contribution in [0.1, 0.15) is 28.4 Å². The van der Waals surface area contributed by atoms with Crippen LogP contribution < -0.4 is 10.1 Å². The first-order valence-corrected chi connectivity index (χ1v) is 8.82. The van der Waals surface area contributed by atoms with Crippen molar-refractivity contribution in [2.45, 2.75) is 19.4 Å². The summed E-state index contributed by atoms with van der Waals surface area (Å²) in [7, 11) is 1.43. The van der Waals surface area contributed by atoms with Gasteiger partial charge >= 0.3 is 6.03 Å². The van der Waals surface area contributed by atoms with E-state index in [9.17, 15) is 18.8 Å². The Balaban J connectivity index is 1.90. The van der Waals surface area contributed by atoms with Gasteiger partial charge < -0.3 is 10.1 Å². The number of urea groups is 1. The van der Waals surface area contributed by atoms with Gasteiger partial charge in [-0.05, 0) is 38.1 Å². The van der Waals surface area contributed by atoms with Gasteiger partial charge in [0.25, 0.3) is 5.91 Å². The summed E-state index contributed by atoms with van der Waals surface area (Å²) in [6, 6.07) is 7.89. The summed E-state index contributed by atoms with van der Waals surface area (Å²) >= 11 is 6.07. The minimum Gasteiger partial charge on any atom is -0.496 e. The van der Waals surface area contributed by atoms with Crippen molar-refractivity contribution in [3.05, 3.63) is 63.9 Å². The number of nitrogens with one attached hydrogen (secondary N) is 1. The zero-order valence-electron chi connectivity index (χ0n) is 15.5. The van der Waals surface area contributed by atoms with Gasteiger partial charge in [-0.3, -0.25) is 14.5 Å². The molecule has 1 heterocycles. The van der Waals surface area contributed by atoms with E-state index in [0.717, 1.165) is 22.6 Å². The molecule has 0 aromatic heterocycles. The van der Waals surface area contributed by atoms with Crippen LogP contribution in [0.5, 0.6) is 5.75 Å². The maximum Gasteiger partial charge on any atom is 0.325 e. The van der Waals surface area contributed by atoms with Gasteiger partial charge in [0, 0.05) is 10.6 Å². The molecule has 1 unspecified atom stereocenters. The van der Waals surface area contributed by atoms with Crippen molar-refractivity contribution in [3.8, 4) is 5.75 Å². The molecule has 0 aliphatic carbocycles. The van der Waals surface area contributed by atoms with E-state index in [4.69, 9.17) is 16.3 Å². The van der Waals surface area contributed by atoms with E-state index in [2.05, 4.69) is 5.32 Å². The van der Waals surface area contributed by atoms with Crippen molar-refractivity contribution in [1.82, 2.24) is 10.2 Å². The van der Waals surface area contributed by atoms with E-state index < -0.39 is 35.6 Å². The van der Waals surface area contributed by atoms with Crippen LogP contribution >= 0.6 is 11.6 Å². The lowest BCUT2D eigenvalue weighted by molar-refractivity contribution is -0.130. The highest BCUT2D eigenvalue weighted by atomic mass is 35.5. The Kier molecular flexibility index (Phi) is 5.12. The summed E-state index contributed by atoms with van der Waals surface area (Å²) in [5, 5.41) is 2.55. The lowest BCUT2D eigenvalue weighted by Crippen LogP contribution is -2.41. The molecule has 1 atom stereocenters. The molecule has 2 aromatic carbocycles. The number of ketones is 1. The van der Waals surface area contributed by atoms with Crippen molar-refractivity contribution in [1.29, 1.82) is 0 Å². The van der Waals surface area contributed by atoms with Crippen molar-refractivity contribution in [2.24, 2.45) is 0 Å². The van der Waals surface area contributed by atoms with Crippen molar-refractivity contribution in [3.63, 3.8) is 0 Å². The summed E-state index contributed by atoms with van der Waals surface area (Å²) in [5.41, 5.74) is -0.142. The molecule has 0 saturated carbocycles. The first-order valence-electron chi connectivity index (χ1n) is 8.45. The quantitative estimate of drug-likeness (QED) is 0.611. The largest absolute Gasteiger partial charge is 0.496 e. The number of carbonyl (C=O) groups is 3.